The van der Waals surface area contributed by atoms with Crippen LogP contribution < -0.4 is 10.6 Å². The van der Waals surface area contributed by atoms with Crippen molar-refractivity contribution in [2.75, 3.05) is 20.1 Å². The maximum Gasteiger partial charge on any atom is 0.191 e. The van der Waals surface area contributed by atoms with Gasteiger partial charge < -0.3 is 10.6 Å². The number of aryl methyl sites for hydroxylation is 1. The zero-order chi connectivity index (χ0) is 17.0. The van der Waals surface area contributed by atoms with Crippen LogP contribution in [0.2, 0.25) is 5.02 Å². The minimum atomic E-state index is 0. The van der Waals surface area contributed by atoms with Crippen LogP contribution in [0, 0.1) is 6.92 Å². The Balaban J connectivity index is 0.00000225. The van der Waals surface area contributed by atoms with Gasteiger partial charge in [-0.1, -0.05) is 23.7 Å². The minimum absolute atomic E-state index is 0. The standard InChI is InChI=1S/C18H24ClN5.HI/c1-14-11-23-24(12-14)9-8-21-17(20-2)22-13-18(6-7-18)15-4-3-5-16(19)10-15;/h3-5,10-12H,6-9,13H2,1-2H3,(H2,20,21,22);1H. The number of benzene rings is 1. The van der Waals surface area contributed by atoms with Gasteiger partial charge in [0.15, 0.2) is 5.96 Å². The van der Waals surface area contributed by atoms with Crippen molar-refractivity contribution in [2.45, 2.75) is 31.7 Å². The van der Waals surface area contributed by atoms with Crippen molar-refractivity contribution in [3.8, 4) is 0 Å². The van der Waals surface area contributed by atoms with E-state index >= 15 is 0 Å². The van der Waals surface area contributed by atoms with E-state index in [1.165, 1.54) is 24.0 Å². The van der Waals surface area contributed by atoms with Crippen LogP contribution in [0.15, 0.2) is 41.7 Å². The molecule has 7 heteroatoms. The van der Waals surface area contributed by atoms with E-state index in [9.17, 15) is 0 Å². The van der Waals surface area contributed by atoms with Crippen molar-refractivity contribution in [1.82, 2.24) is 20.4 Å². The van der Waals surface area contributed by atoms with Gasteiger partial charge in [-0.3, -0.25) is 9.67 Å². The summed E-state index contributed by atoms with van der Waals surface area (Å²) in [7, 11) is 1.80. The second-order valence-corrected chi connectivity index (χ2v) is 6.86. The SMILES string of the molecule is CN=C(NCCn1cc(C)cn1)NCC1(c2cccc(Cl)c2)CC1.I. The Morgan fingerprint density at radius 3 is 2.76 bits per heavy atom. The molecule has 0 saturated heterocycles. The summed E-state index contributed by atoms with van der Waals surface area (Å²) in [5, 5.41) is 11.9. The lowest BCUT2D eigenvalue weighted by atomic mass is 9.96. The predicted molar refractivity (Wildman–Crippen MR) is 114 cm³/mol. The number of nitrogens with zero attached hydrogens (tertiary/aromatic N) is 3. The average molecular weight is 474 g/mol. The Bertz CT molecular complexity index is 724. The number of hydrogen-bond acceptors (Lipinski definition) is 2. The van der Waals surface area contributed by atoms with E-state index in [1.807, 2.05) is 36.1 Å². The van der Waals surface area contributed by atoms with Crippen molar-refractivity contribution >= 4 is 41.5 Å². The van der Waals surface area contributed by atoms with Gasteiger partial charge in [0.05, 0.1) is 12.7 Å². The summed E-state index contributed by atoms with van der Waals surface area (Å²) in [5.74, 6) is 0.826. The fourth-order valence-electron chi connectivity index (χ4n) is 2.89. The molecule has 2 N–H and O–H groups in total. The van der Waals surface area contributed by atoms with Gasteiger partial charge in [0.2, 0.25) is 0 Å². The van der Waals surface area contributed by atoms with E-state index in [1.54, 1.807) is 7.05 Å². The maximum atomic E-state index is 6.13. The fraction of sp³-hybridized carbons (Fsp3) is 0.444. The number of halogens is 2. The predicted octanol–water partition coefficient (Wildman–Crippen LogP) is 3.36. The Labute approximate surface area is 171 Å². The molecule has 3 rings (SSSR count). The molecule has 0 unspecified atom stereocenters. The van der Waals surface area contributed by atoms with Gasteiger partial charge >= 0.3 is 0 Å². The molecular weight excluding hydrogens is 449 g/mol. The van der Waals surface area contributed by atoms with Crippen LogP contribution in [-0.4, -0.2) is 35.9 Å². The molecule has 25 heavy (non-hydrogen) atoms. The second kappa shape index (κ2) is 8.89. The van der Waals surface area contributed by atoms with E-state index in [0.717, 1.165) is 30.6 Å². The van der Waals surface area contributed by atoms with Gasteiger partial charge in [-0.25, -0.2) is 0 Å². The molecule has 1 aliphatic rings. The molecule has 1 fully saturated rings. The van der Waals surface area contributed by atoms with Gasteiger partial charge in [0.25, 0.3) is 0 Å². The lowest BCUT2D eigenvalue weighted by Gasteiger charge is -2.19. The molecule has 5 nitrogen and oxygen atoms in total. The van der Waals surface area contributed by atoms with Crippen molar-refractivity contribution in [3.63, 3.8) is 0 Å². The zero-order valence-corrected chi connectivity index (χ0v) is 17.7. The van der Waals surface area contributed by atoms with E-state index in [2.05, 4.69) is 32.9 Å². The molecule has 136 valence electrons. The van der Waals surface area contributed by atoms with Gasteiger partial charge in [-0.2, -0.15) is 5.10 Å². The smallest absolute Gasteiger partial charge is 0.191 e. The third-order valence-electron chi connectivity index (χ3n) is 4.50. The molecule has 0 radical (unpaired) electrons. The molecule has 1 saturated carbocycles. The number of nitrogens with one attached hydrogen (secondary N) is 2. The molecule has 0 bridgehead atoms. The summed E-state index contributed by atoms with van der Waals surface area (Å²) in [6, 6.07) is 8.19. The van der Waals surface area contributed by atoms with Crippen LogP contribution >= 0.6 is 35.6 Å². The summed E-state index contributed by atoms with van der Waals surface area (Å²) < 4.78 is 1.93. The lowest BCUT2D eigenvalue weighted by Crippen LogP contribution is -2.42. The summed E-state index contributed by atoms with van der Waals surface area (Å²) in [4.78, 5) is 4.31. The van der Waals surface area contributed by atoms with Crippen LogP contribution in [0.4, 0.5) is 0 Å². The third-order valence-corrected chi connectivity index (χ3v) is 4.74. The monoisotopic (exact) mass is 473 g/mol. The molecule has 0 atom stereocenters. The zero-order valence-electron chi connectivity index (χ0n) is 14.6. The number of aliphatic imine (C=N–C) groups is 1. The second-order valence-electron chi connectivity index (χ2n) is 6.42. The molecule has 0 aliphatic heterocycles. The summed E-state index contributed by atoms with van der Waals surface area (Å²) in [6.45, 7) is 4.51. The first kappa shape index (κ1) is 20.0. The highest BCUT2D eigenvalue weighted by atomic mass is 127. The normalized spacial score (nSPS) is 15.4. The largest absolute Gasteiger partial charge is 0.356 e. The highest BCUT2D eigenvalue weighted by Gasteiger charge is 2.44. The summed E-state index contributed by atoms with van der Waals surface area (Å²) >= 11 is 6.13. The summed E-state index contributed by atoms with van der Waals surface area (Å²) in [5.41, 5.74) is 2.68. The minimum Gasteiger partial charge on any atom is -0.356 e. The molecule has 1 aromatic heterocycles. The first-order valence-electron chi connectivity index (χ1n) is 8.31. The van der Waals surface area contributed by atoms with Crippen molar-refractivity contribution < 1.29 is 0 Å². The van der Waals surface area contributed by atoms with E-state index in [-0.39, 0.29) is 29.4 Å². The van der Waals surface area contributed by atoms with Crippen LogP contribution in [0.3, 0.4) is 0 Å². The van der Waals surface area contributed by atoms with E-state index in [4.69, 9.17) is 11.6 Å². The topological polar surface area (TPSA) is 54.2 Å². The fourth-order valence-corrected chi connectivity index (χ4v) is 3.08. The van der Waals surface area contributed by atoms with Gasteiger partial charge in [0.1, 0.15) is 0 Å². The van der Waals surface area contributed by atoms with Crippen molar-refractivity contribution in [2.24, 2.45) is 4.99 Å². The van der Waals surface area contributed by atoms with Crippen LogP contribution in [0.1, 0.15) is 24.0 Å². The van der Waals surface area contributed by atoms with Crippen molar-refractivity contribution in [3.05, 3.63) is 52.8 Å². The van der Waals surface area contributed by atoms with Crippen LogP contribution in [0.25, 0.3) is 0 Å². The highest BCUT2D eigenvalue weighted by molar-refractivity contribution is 14.0. The Morgan fingerprint density at radius 2 is 2.16 bits per heavy atom. The van der Waals surface area contributed by atoms with Crippen LogP contribution in [0.5, 0.6) is 0 Å². The maximum absolute atomic E-state index is 6.13. The first-order chi connectivity index (χ1) is 11.6. The van der Waals surface area contributed by atoms with E-state index in [0.29, 0.717) is 0 Å². The number of aromatic nitrogens is 2. The Hall–Kier alpha value is -1.28. The van der Waals surface area contributed by atoms with Gasteiger partial charge in [-0.05, 0) is 43.0 Å². The molecule has 0 spiro atoms. The molecule has 1 aromatic carbocycles. The molecular formula is C18H25ClIN5. The molecule has 2 aromatic rings. The third kappa shape index (κ3) is 5.34. The van der Waals surface area contributed by atoms with Crippen molar-refractivity contribution in [1.29, 1.82) is 0 Å². The van der Waals surface area contributed by atoms with Crippen LogP contribution in [-0.2, 0) is 12.0 Å². The quantitative estimate of drug-likeness (QED) is 0.384. The average Bonchev–Trinajstić information content (AvgIpc) is 3.26. The Morgan fingerprint density at radius 1 is 1.36 bits per heavy atom. The first-order valence-corrected chi connectivity index (χ1v) is 8.69. The van der Waals surface area contributed by atoms with Gasteiger partial charge in [-0.15, -0.1) is 24.0 Å². The van der Waals surface area contributed by atoms with Gasteiger partial charge in [0, 0.05) is 36.8 Å². The number of guanidine groups is 1. The molecule has 0 amide bonds. The molecule has 1 aliphatic carbocycles. The number of rotatable bonds is 6. The Kier molecular flexibility index (Phi) is 7.13. The number of hydrogen-bond donors (Lipinski definition) is 2. The van der Waals surface area contributed by atoms with E-state index < -0.39 is 0 Å². The summed E-state index contributed by atoms with van der Waals surface area (Å²) in [6.07, 6.45) is 6.28. The lowest BCUT2D eigenvalue weighted by molar-refractivity contribution is 0.590. The highest BCUT2D eigenvalue weighted by Crippen LogP contribution is 2.48. The molecule has 1 heterocycles.